The van der Waals surface area contributed by atoms with E-state index >= 15 is 0 Å². The Hall–Kier alpha value is -0.306. The molecule has 0 spiro atoms. The third-order valence-corrected chi connectivity index (χ3v) is 2.04. The Morgan fingerprint density at radius 3 is 2.13 bits per heavy atom. The smallest absolute Gasteiger partial charge is 0.104 e. The summed E-state index contributed by atoms with van der Waals surface area (Å²) in [5.74, 6) is 0. The van der Waals surface area contributed by atoms with Crippen molar-refractivity contribution in [3.8, 4) is 0 Å². The molecule has 1 rings (SSSR count). The van der Waals surface area contributed by atoms with E-state index in [0.29, 0.717) is 0 Å². The second kappa shape index (κ2) is 7.92. The van der Waals surface area contributed by atoms with Gasteiger partial charge in [-0.3, -0.25) is 4.98 Å². The molecule has 15 heavy (non-hydrogen) atoms. The number of aromatic nitrogens is 1. The first kappa shape index (κ1) is 17.1. The number of nitrogens with zero attached hydrogens (tertiary/aromatic N) is 1. The Balaban J connectivity index is 0. The van der Waals surface area contributed by atoms with E-state index in [4.69, 9.17) is 4.74 Å². The molecule has 0 aliphatic rings. The van der Waals surface area contributed by atoms with E-state index < -0.39 is 0 Å². The van der Waals surface area contributed by atoms with Crippen molar-refractivity contribution in [2.24, 2.45) is 0 Å². The molecule has 0 amide bonds. The maximum Gasteiger partial charge on any atom is 0.104 e. The topological polar surface area (TPSA) is 22.1 Å². The van der Waals surface area contributed by atoms with E-state index in [9.17, 15) is 0 Å². The maximum absolute atomic E-state index is 5.30. The summed E-state index contributed by atoms with van der Waals surface area (Å²) in [5, 5.41) is 0. The van der Waals surface area contributed by atoms with Crippen LogP contribution < -0.4 is 0 Å². The second-order valence-corrected chi connectivity index (χ2v) is 3.44. The predicted molar refractivity (Wildman–Crippen MR) is 60.0 cm³/mol. The molecular weight excluding hydrogens is 225 g/mol. The number of hydrogen-bond acceptors (Lipinski definition) is 2. The first-order chi connectivity index (χ1) is 6.56. The van der Waals surface area contributed by atoms with Gasteiger partial charge in [0.2, 0.25) is 0 Å². The van der Waals surface area contributed by atoms with Crippen molar-refractivity contribution >= 4 is 0 Å². The summed E-state index contributed by atoms with van der Waals surface area (Å²) in [6.07, 6.45) is 1.86. The third-order valence-electron chi connectivity index (χ3n) is 2.04. The number of ether oxygens (including phenoxy) is 1. The summed E-state index contributed by atoms with van der Waals surface area (Å²) in [7, 11) is 1.70. The Bertz CT molecular complexity index is 257. The van der Waals surface area contributed by atoms with Crippen molar-refractivity contribution in [2.75, 3.05) is 7.11 Å². The molecule has 1 aromatic rings. The summed E-state index contributed by atoms with van der Waals surface area (Å²) in [5.41, 5.74) is 1.86. The van der Waals surface area contributed by atoms with Gasteiger partial charge in [-0.25, -0.2) is 0 Å². The first-order valence-electron chi connectivity index (χ1n) is 4.75. The molecule has 0 bridgehead atoms. The van der Waals surface area contributed by atoms with Crippen LogP contribution in [0.2, 0.25) is 0 Å². The molecule has 85 valence electrons. The van der Waals surface area contributed by atoms with Crippen molar-refractivity contribution in [3.05, 3.63) is 36.5 Å². The zero-order chi connectivity index (χ0) is 11.2. The maximum atomic E-state index is 5.30. The summed E-state index contributed by atoms with van der Waals surface area (Å²) >= 11 is 0. The molecule has 0 aromatic carbocycles. The fraction of sp³-hybridized carbons (Fsp3) is 0.500. The van der Waals surface area contributed by atoms with Gasteiger partial charge < -0.3 is 11.7 Å². The van der Waals surface area contributed by atoms with E-state index in [2.05, 4.69) is 11.9 Å². The van der Waals surface area contributed by atoms with Gasteiger partial charge in [0.25, 0.3) is 0 Å². The number of pyridine rings is 1. The number of hydrogen-bond donors (Lipinski definition) is 0. The molecule has 2 nitrogen and oxygen atoms in total. The van der Waals surface area contributed by atoms with Crippen LogP contribution in [-0.4, -0.2) is 12.1 Å². The zero-order valence-electron chi connectivity index (χ0n) is 10.2. The number of methoxy groups -OCH3 is 1. The Morgan fingerprint density at radius 2 is 1.80 bits per heavy atom. The van der Waals surface area contributed by atoms with Crippen molar-refractivity contribution in [3.63, 3.8) is 0 Å². The van der Waals surface area contributed by atoms with Crippen molar-refractivity contribution in [1.29, 1.82) is 0 Å². The predicted octanol–water partition coefficient (Wildman–Crippen LogP) is 3.11. The minimum atomic E-state index is -0.284. The van der Waals surface area contributed by atoms with Crippen molar-refractivity contribution in [2.45, 2.75) is 33.3 Å². The van der Waals surface area contributed by atoms with E-state index in [1.165, 1.54) is 5.56 Å². The van der Waals surface area contributed by atoms with Gasteiger partial charge in [0.15, 0.2) is 0 Å². The summed E-state index contributed by atoms with van der Waals surface area (Å²) in [6, 6.07) is 4.04. The van der Waals surface area contributed by atoms with Gasteiger partial charge in [0, 0.05) is 31.9 Å². The van der Waals surface area contributed by atoms with Gasteiger partial charge in [0.05, 0.1) is 5.69 Å². The van der Waals surface area contributed by atoms with E-state index in [0.717, 1.165) is 5.69 Å². The molecule has 0 saturated heterocycles. The SMILES string of the molecule is COC(C)(C)c1ccc(C)cn1.[CH2-]C.[V]. The molecule has 0 fully saturated rings. The Morgan fingerprint density at radius 1 is 1.27 bits per heavy atom. The molecule has 1 heterocycles. The van der Waals surface area contributed by atoms with Crippen LogP contribution in [0.3, 0.4) is 0 Å². The summed E-state index contributed by atoms with van der Waals surface area (Å²) < 4.78 is 5.30. The molecule has 1 radical (unpaired) electrons. The molecule has 3 heteroatoms. The minimum absolute atomic E-state index is 0. The quantitative estimate of drug-likeness (QED) is 0.747. The van der Waals surface area contributed by atoms with Crippen LogP contribution in [0.4, 0.5) is 0 Å². The van der Waals surface area contributed by atoms with Crippen LogP contribution in [0.1, 0.15) is 32.0 Å². The van der Waals surface area contributed by atoms with Crippen LogP contribution in [0.5, 0.6) is 0 Å². The van der Waals surface area contributed by atoms with Gasteiger partial charge in [-0.1, -0.05) is 6.07 Å². The van der Waals surface area contributed by atoms with Crippen LogP contribution in [0.25, 0.3) is 0 Å². The molecule has 0 unspecified atom stereocenters. The number of rotatable bonds is 2. The van der Waals surface area contributed by atoms with Gasteiger partial charge in [-0.05, 0) is 32.4 Å². The number of aryl methyl sites for hydroxylation is 1. The van der Waals surface area contributed by atoms with Crippen LogP contribution in [0.15, 0.2) is 18.3 Å². The summed E-state index contributed by atoms with van der Waals surface area (Å²) in [4.78, 5) is 4.30. The largest absolute Gasteiger partial charge is 0.373 e. The fourth-order valence-corrected chi connectivity index (χ4v) is 0.929. The van der Waals surface area contributed by atoms with Gasteiger partial charge in [-0.15, -0.1) is 0 Å². The Kier molecular flexibility index (Phi) is 9.03. The van der Waals surface area contributed by atoms with Gasteiger partial charge >= 0.3 is 0 Å². The van der Waals surface area contributed by atoms with Crippen molar-refractivity contribution < 1.29 is 23.3 Å². The molecule has 0 saturated carbocycles. The van der Waals surface area contributed by atoms with E-state index in [1.54, 1.807) is 14.0 Å². The van der Waals surface area contributed by atoms with Crippen LogP contribution >= 0.6 is 0 Å². The molecule has 0 N–H and O–H groups in total. The van der Waals surface area contributed by atoms with Gasteiger partial charge in [0.1, 0.15) is 5.60 Å². The van der Waals surface area contributed by atoms with Crippen LogP contribution in [0, 0.1) is 13.8 Å². The monoisotopic (exact) mass is 245 g/mol. The average molecular weight is 245 g/mol. The van der Waals surface area contributed by atoms with E-state index in [1.807, 2.05) is 39.1 Å². The third kappa shape index (κ3) is 5.36. The van der Waals surface area contributed by atoms with E-state index in [-0.39, 0.29) is 24.2 Å². The van der Waals surface area contributed by atoms with Crippen molar-refractivity contribution in [1.82, 2.24) is 4.98 Å². The molecule has 0 aliphatic carbocycles. The second-order valence-electron chi connectivity index (χ2n) is 3.44. The minimum Gasteiger partial charge on any atom is -0.373 e. The zero-order valence-corrected chi connectivity index (χ0v) is 11.6. The molecule has 0 atom stereocenters. The van der Waals surface area contributed by atoms with Gasteiger partial charge in [-0.2, -0.15) is 6.92 Å². The molecular formula is C12H20NOV-. The molecule has 0 aliphatic heterocycles. The van der Waals surface area contributed by atoms with Crippen LogP contribution in [-0.2, 0) is 28.9 Å². The average Bonchev–Trinajstić information content (AvgIpc) is 2.21. The fourth-order valence-electron chi connectivity index (χ4n) is 0.929. The summed E-state index contributed by atoms with van der Waals surface area (Å²) in [6.45, 7) is 11.0. The standard InChI is InChI=1S/C10H15NO.C2H5.V/c1-8-5-6-9(11-7-8)10(2,3)12-4;1-2;/h5-7H,1-4H3;1H2,2H3;/q;-1;. The molecule has 1 aromatic heterocycles. The Labute approximate surface area is 105 Å². The normalized spacial score (nSPS) is 9.73. The first-order valence-corrected chi connectivity index (χ1v) is 4.75.